The lowest BCUT2D eigenvalue weighted by Crippen LogP contribution is -2.50. The van der Waals surface area contributed by atoms with Crippen molar-refractivity contribution in [2.75, 3.05) is 4.90 Å². The van der Waals surface area contributed by atoms with Crippen molar-refractivity contribution in [1.82, 2.24) is 0 Å². The van der Waals surface area contributed by atoms with Gasteiger partial charge < -0.3 is 0 Å². The molecule has 2 aromatic carbocycles. The lowest BCUT2D eigenvalue weighted by molar-refractivity contribution is -0.0522. The summed E-state index contributed by atoms with van der Waals surface area (Å²) in [6.07, 6.45) is 0. The van der Waals surface area contributed by atoms with E-state index < -0.39 is 10.6 Å². The molecule has 0 amide bonds. The molecule has 0 fully saturated rings. The number of hydrogen-bond donors (Lipinski definition) is 0. The van der Waals surface area contributed by atoms with Gasteiger partial charge in [0.15, 0.2) is 0 Å². The van der Waals surface area contributed by atoms with Crippen LogP contribution in [-0.4, -0.2) is 10.6 Å². The summed E-state index contributed by atoms with van der Waals surface area (Å²) in [6.45, 7) is 0. The Labute approximate surface area is 133 Å². The van der Waals surface area contributed by atoms with E-state index in [0.29, 0.717) is 14.7 Å². The molecule has 0 unspecified atom stereocenters. The number of alkyl halides is 5. The van der Waals surface area contributed by atoms with Gasteiger partial charge in [-0.15, -0.1) is 0 Å². The van der Waals surface area contributed by atoms with E-state index in [1.54, 1.807) is 36.4 Å². The van der Waals surface area contributed by atoms with Crippen molar-refractivity contribution in [3.63, 3.8) is 0 Å². The van der Waals surface area contributed by atoms with E-state index in [1.165, 1.54) is 23.9 Å². The van der Waals surface area contributed by atoms with Gasteiger partial charge in [0.1, 0.15) is 0 Å². The highest BCUT2D eigenvalue weighted by Gasteiger charge is 2.59. The van der Waals surface area contributed by atoms with Crippen molar-refractivity contribution in [2.24, 2.45) is 0 Å². The summed E-state index contributed by atoms with van der Waals surface area (Å²) >= 11 is 11.5. The van der Waals surface area contributed by atoms with Gasteiger partial charge in [0.25, 0.3) is 0 Å². The lowest BCUT2D eigenvalue weighted by Gasteiger charge is -2.39. The zero-order valence-electron chi connectivity index (χ0n) is 10.4. The van der Waals surface area contributed by atoms with Crippen molar-refractivity contribution in [2.45, 2.75) is 20.4 Å². The minimum absolute atomic E-state index is 0.162. The van der Waals surface area contributed by atoms with Crippen LogP contribution in [0, 0.1) is 0 Å². The topological polar surface area (TPSA) is 3.24 Å². The zero-order chi connectivity index (χ0) is 15.3. The molecule has 0 saturated carbocycles. The van der Waals surface area contributed by atoms with Gasteiger partial charge in [-0.3, -0.25) is 4.90 Å². The maximum Gasteiger partial charge on any atom is 0.392 e. The molecule has 1 aliphatic rings. The molecule has 0 aliphatic carbocycles. The Kier molecular flexibility index (Phi) is 3.55. The third-order valence-electron chi connectivity index (χ3n) is 3.05. The molecule has 2 aromatic rings. The van der Waals surface area contributed by atoms with Crippen LogP contribution in [-0.2, 0) is 0 Å². The number of hydrogen-bond acceptors (Lipinski definition) is 2. The molecule has 21 heavy (non-hydrogen) atoms. The molecule has 0 saturated heterocycles. The van der Waals surface area contributed by atoms with Crippen molar-refractivity contribution < 1.29 is 13.2 Å². The molecule has 0 aromatic heterocycles. The second-order valence-corrected chi connectivity index (χ2v) is 6.73. The summed E-state index contributed by atoms with van der Waals surface area (Å²) in [5.41, 5.74) is 0.323. The molecule has 110 valence electrons. The first kappa shape index (κ1) is 14.9. The molecule has 0 spiro atoms. The molecule has 0 radical (unpaired) electrons. The highest BCUT2D eigenvalue weighted by atomic mass is 35.5. The van der Waals surface area contributed by atoms with Gasteiger partial charge in [0.05, 0.1) is 11.4 Å². The van der Waals surface area contributed by atoms with E-state index in [9.17, 15) is 13.2 Å². The Hall–Kier alpha value is -1.04. The largest absolute Gasteiger partial charge is 0.392 e. The molecule has 7 heteroatoms. The predicted molar refractivity (Wildman–Crippen MR) is 79.6 cm³/mol. The van der Waals surface area contributed by atoms with Gasteiger partial charge in [-0.05, 0) is 24.3 Å². The van der Waals surface area contributed by atoms with Crippen LogP contribution in [0.25, 0.3) is 0 Å². The van der Waals surface area contributed by atoms with Crippen molar-refractivity contribution in [1.29, 1.82) is 0 Å². The number of halogens is 5. The van der Waals surface area contributed by atoms with E-state index in [1.807, 2.05) is 0 Å². The minimum atomic E-state index is -4.12. The summed E-state index contributed by atoms with van der Waals surface area (Å²) in [5.74, 6) is 0. The number of para-hydroxylation sites is 2. The highest BCUT2D eigenvalue weighted by molar-refractivity contribution is 7.99. The molecule has 1 heterocycles. The average molecular weight is 350 g/mol. The van der Waals surface area contributed by atoms with Crippen LogP contribution in [0.15, 0.2) is 58.3 Å². The van der Waals surface area contributed by atoms with Crippen LogP contribution in [0.1, 0.15) is 0 Å². The van der Waals surface area contributed by atoms with Crippen LogP contribution in [0.5, 0.6) is 0 Å². The van der Waals surface area contributed by atoms with Gasteiger partial charge in [-0.25, -0.2) is 0 Å². The number of fused-ring (bicyclic) bond motifs is 2. The first-order valence-corrected chi connectivity index (χ1v) is 7.50. The van der Waals surface area contributed by atoms with E-state index in [2.05, 4.69) is 0 Å². The summed E-state index contributed by atoms with van der Waals surface area (Å²) in [5, 5.41) is 0. The van der Waals surface area contributed by atoms with E-state index in [0.717, 1.165) is 0 Å². The summed E-state index contributed by atoms with van der Waals surface area (Å²) in [7, 11) is 0. The van der Waals surface area contributed by atoms with Gasteiger partial charge in [0.2, 0.25) is 0 Å². The first-order chi connectivity index (χ1) is 9.82. The standard InChI is InChI=1S/C14H8Cl2F3NS/c15-13(16,17)14(18,19)20-9-5-1-3-7-11(9)21-12-8-4-2-6-10(12)20/h1-8H. The summed E-state index contributed by atoms with van der Waals surface area (Å²) in [4.78, 5) is 1.70. The Morgan fingerprint density at radius 2 is 1.24 bits per heavy atom. The zero-order valence-corrected chi connectivity index (χ0v) is 12.7. The van der Waals surface area contributed by atoms with Crippen LogP contribution in [0.2, 0.25) is 0 Å². The third kappa shape index (κ3) is 2.37. The van der Waals surface area contributed by atoms with Crippen LogP contribution < -0.4 is 4.90 Å². The molecular formula is C14H8Cl2F3NS. The Balaban J connectivity index is 2.25. The van der Waals surface area contributed by atoms with Gasteiger partial charge >= 0.3 is 10.6 Å². The van der Waals surface area contributed by atoms with Crippen LogP contribution in [0.4, 0.5) is 24.5 Å². The lowest BCUT2D eigenvalue weighted by atomic mass is 10.2. The first-order valence-electron chi connectivity index (χ1n) is 5.93. The fourth-order valence-electron chi connectivity index (χ4n) is 2.13. The fraction of sp³-hybridized carbons (Fsp3) is 0.143. The summed E-state index contributed by atoms with van der Waals surface area (Å²) < 4.78 is 38.8. The molecule has 1 aliphatic heterocycles. The molecule has 0 atom stereocenters. The molecule has 0 bridgehead atoms. The molecule has 3 rings (SSSR count). The Morgan fingerprint density at radius 1 is 0.810 bits per heavy atom. The number of nitrogens with zero attached hydrogens (tertiary/aromatic N) is 1. The second-order valence-electron chi connectivity index (χ2n) is 4.41. The fourth-order valence-corrected chi connectivity index (χ4v) is 3.36. The van der Waals surface area contributed by atoms with E-state index in [-0.39, 0.29) is 11.4 Å². The number of rotatable bonds is 2. The van der Waals surface area contributed by atoms with Gasteiger partial charge in [-0.1, -0.05) is 59.2 Å². The van der Waals surface area contributed by atoms with Crippen molar-refractivity contribution in [3.05, 3.63) is 48.5 Å². The van der Waals surface area contributed by atoms with Crippen molar-refractivity contribution >= 4 is 46.3 Å². The number of anilines is 2. The molecule has 0 N–H and O–H groups in total. The van der Waals surface area contributed by atoms with Crippen LogP contribution in [0.3, 0.4) is 0 Å². The maximum absolute atomic E-state index is 14.5. The smallest absolute Gasteiger partial charge is 0.275 e. The number of benzene rings is 2. The van der Waals surface area contributed by atoms with Gasteiger partial charge in [-0.2, -0.15) is 13.2 Å². The predicted octanol–water partition coefficient (Wildman–Crippen LogP) is 5.98. The third-order valence-corrected chi connectivity index (χ3v) is 4.64. The SMILES string of the molecule is FC(Cl)(Cl)C(F)(F)N1c2ccccc2Sc2ccccc21. The minimum Gasteiger partial charge on any atom is -0.275 e. The maximum atomic E-state index is 14.5. The monoisotopic (exact) mass is 349 g/mol. The average Bonchev–Trinajstić information content (AvgIpc) is 2.43. The van der Waals surface area contributed by atoms with Crippen molar-refractivity contribution in [3.8, 4) is 0 Å². The molecular weight excluding hydrogens is 342 g/mol. The van der Waals surface area contributed by atoms with E-state index in [4.69, 9.17) is 23.2 Å². The van der Waals surface area contributed by atoms with Crippen LogP contribution >= 0.6 is 35.0 Å². The second kappa shape index (κ2) is 5.00. The molecule has 1 nitrogen and oxygen atoms in total. The van der Waals surface area contributed by atoms with Gasteiger partial charge in [0, 0.05) is 9.79 Å². The Morgan fingerprint density at radius 3 is 1.67 bits per heavy atom. The normalized spacial score (nSPS) is 14.6. The van der Waals surface area contributed by atoms with E-state index >= 15 is 0 Å². The Bertz CT molecular complexity index is 642. The quantitative estimate of drug-likeness (QED) is 0.484. The summed E-state index contributed by atoms with van der Waals surface area (Å²) in [6, 6.07) is 8.83. The highest BCUT2D eigenvalue weighted by Crippen LogP contribution is 2.55.